The Kier molecular flexibility index (Phi) is 4.83. The number of carbonyl (C=O) groups excluding carboxylic acids is 1. The van der Waals surface area contributed by atoms with E-state index >= 15 is 0 Å². The maximum absolute atomic E-state index is 12.6. The van der Waals surface area contributed by atoms with E-state index in [0.29, 0.717) is 17.0 Å². The van der Waals surface area contributed by atoms with Crippen molar-refractivity contribution in [2.24, 2.45) is 0 Å². The summed E-state index contributed by atoms with van der Waals surface area (Å²) in [7, 11) is -2.31. The highest BCUT2D eigenvalue weighted by Crippen LogP contribution is 2.27. The van der Waals surface area contributed by atoms with Crippen molar-refractivity contribution < 1.29 is 13.2 Å². The van der Waals surface area contributed by atoms with Gasteiger partial charge in [-0.1, -0.05) is 41.9 Å². The van der Waals surface area contributed by atoms with E-state index in [1.54, 1.807) is 30.5 Å². The van der Waals surface area contributed by atoms with Gasteiger partial charge in [0.2, 0.25) is 5.91 Å². The van der Waals surface area contributed by atoms with Crippen LogP contribution in [0.25, 0.3) is 10.9 Å². The Bertz CT molecular complexity index is 1020. The number of hydrogen-bond acceptors (Lipinski definition) is 3. The van der Waals surface area contributed by atoms with Crippen LogP contribution >= 0.6 is 11.6 Å². The van der Waals surface area contributed by atoms with Crippen LogP contribution in [0.2, 0.25) is 5.02 Å². The van der Waals surface area contributed by atoms with Crippen molar-refractivity contribution in [2.75, 3.05) is 12.8 Å². The number of para-hydroxylation sites is 1. The normalized spacial score (nSPS) is 11.6. The molecule has 0 spiro atoms. The molecule has 1 N–H and O–H groups in total. The van der Waals surface area contributed by atoms with Gasteiger partial charge in [0.1, 0.15) is 5.75 Å². The molecule has 0 unspecified atom stereocenters. The Morgan fingerprint density at radius 1 is 1.12 bits per heavy atom. The van der Waals surface area contributed by atoms with Crippen LogP contribution < -0.4 is 5.32 Å². The predicted molar refractivity (Wildman–Crippen MR) is 98.6 cm³/mol. The molecule has 2 aromatic carbocycles. The number of hydrogen-bond donors (Lipinski definition) is 1. The fourth-order valence-corrected chi connectivity index (χ4v) is 4.27. The van der Waals surface area contributed by atoms with Gasteiger partial charge in [-0.15, -0.1) is 0 Å². The Hall–Kier alpha value is -2.31. The second-order valence-electron chi connectivity index (χ2n) is 5.70. The summed E-state index contributed by atoms with van der Waals surface area (Å²) in [6.45, 7) is 0.507. The highest BCUT2D eigenvalue weighted by molar-refractivity contribution is 7.92. The minimum Gasteiger partial charge on any atom is -0.358 e. The predicted octanol–water partition coefficient (Wildman–Crippen LogP) is 2.86. The highest BCUT2D eigenvalue weighted by atomic mass is 35.5. The molecular weight excluding hydrogens is 360 g/mol. The third kappa shape index (κ3) is 3.70. The minimum absolute atomic E-state index is 0.167. The van der Waals surface area contributed by atoms with Gasteiger partial charge in [0.15, 0.2) is 9.84 Å². The summed E-state index contributed by atoms with van der Waals surface area (Å²) in [6.07, 6.45) is 1.59. The number of sulfone groups is 1. The number of rotatable bonds is 5. The van der Waals surface area contributed by atoms with Crippen LogP contribution in [0, 0.1) is 0 Å². The monoisotopic (exact) mass is 376 g/mol. The number of fused-ring (bicyclic) bond motifs is 1. The molecule has 130 valence electrons. The lowest BCUT2D eigenvalue weighted by molar-refractivity contribution is -0.118. The molecular formula is C18H17ClN2O3S. The fourth-order valence-electron chi connectivity index (χ4n) is 2.70. The van der Waals surface area contributed by atoms with Crippen LogP contribution in [-0.2, 0) is 21.2 Å². The van der Waals surface area contributed by atoms with Crippen molar-refractivity contribution in [3.63, 3.8) is 0 Å². The molecule has 3 rings (SSSR count). The van der Waals surface area contributed by atoms with Crippen LogP contribution in [0.15, 0.2) is 59.6 Å². The van der Waals surface area contributed by atoms with E-state index in [2.05, 4.69) is 5.32 Å². The average Bonchev–Trinajstić information content (AvgIpc) is 2.96. The van der Waals surface area contributed by atoms with E-state index in [1.165, 1.54) is 7.05 Å². The van der Waals surface area contributed by atoms with E-state index in [-0.39, 0.29) is 4.90 Å². The topological polar surface area (TPSA) is 68.2 Å². The first-order valence-electron chi connectivity index (χ1n) is 7.66. The van der Waals surface area contributed by atoms with Crippen molar-refractivity contribution in [1.82, 2.24) is 9.88 Å². The molecule has 0 bridgehead atoms. The average molecular weight is 377 g/mol. The van der Waals surface area contributed by atoms with E-state index in [1.807, 2.05) is 28.8 Å². The molecule has 25 heavy (non-hydrogen) atoms. The molecule has 0 saturated heterocycles. The minimum atomic E-state index is -3.73. The molecule has 0 saturated carbocycles. The first-order chi connectivity index (χ1) is 11.9. The Morgan fingerprint density at radius 3 is 2.48 bits per heavy atom. The van der Waals surface area contributed by atoms with Gasteiger partial charge in [-0.05, 0) is 23.8 Å². The summed E-state index contributed by atoms with van der Waals surface area (Å²) in [5, 5.41) is 3.61. The quantitative estimate of drug-likeness (QED) is 0.744. The van der Waals surface area contributed by atoms with E-state index in [4.69, 9.17) is 11.6 Å². The lowest BCUT2D eigenvalue weighted by Crippen LogP contribution is -2.26. The summed E-state index contributed by atoms with van der Waals surface area (Å²) in [6, 6.07) is 14.7. The molecule has 1 amide bonds. The van der Waals surface area contributed by atoms with Crippen molar-refractivity contribution in [2.45, 2.75) is 11.4 Å². The van der Waals surface area contributed by atoms with Crippen LogP contribution in [-0.4, -0.2) is 31.7 Å². The fraction of sp³-hybridized carbons (Fsp3) is 0.167. The third-order valence-electron chi connectivity index (χ3n) is 3.95. The second-order valence-corrected chi connectivity index (χ2v) is 8.09. The molecule has 1 heterocycles. The largest absolute Gasteiger partial charge is 0.358 e. The lowest BCUT2D eigenvalue weighted by Gasteiger charge is -2.05. The van der Waals surface area contributed by atoms with Gasteiger partial charge in [-0.2, -0.15) is 0 Å². The smallest absolute Gasteiger partial charge is 0.235 e. The van der Waals surface area contributed by atoms with E-state index in [9.17, 15) is 13.2 Å². The number of nitrogens with one attached hydrogen (secondary N) is 1. The summed E-state index contributed by atoms with van der Waals surface area (Å²) >= 11 is 5.91. The SMILES string of the molecule is CNC(=O)CS(=O)(=O)c1cn(Cc2ccc(Cl)cc2)c2ccccc12. The molecule has 0 fully saturated rings. The standard InChI is InChI=1S/C18H17ClN2O3S/c1-20-18(22)12-25(23,24)17-11-21(16-5-3-2-4-15(16)17)10-13-6-8-14(19)9-7-13/h2-9,11H,10,12H2,1H3,(H,20,22). The van der Waals surface area contributed by atoms with Crippen LogP contribution in [0.1, 0.15) is 5.56 Å². The highest BCUT2D eigenvalue weighted by Gasteiger charge is 2.23. The molecule has 0 aliphatic heterocycles. The molecule has 5 nitrogen and oxygen atoms in total. The van der Waals surface area contributed by atoms with Gasteiger partial charge >= 0.3 is 0 Å². The van der Waals surface area contributed by atoms with Gasteiger partial charge in [-0.3, -0.25) is 4.79 Å². The Balaban J connectivity index is 2.06. The summed E-state index contributed by atoms with van der Waals surface area (Å²) in [4.78, 5) is 11.7. The van der Waals surface area contributed by atoms with Crippen molar-refractivity contribution in [1.29, 1.82) is 0 Å². The summed E-state index contributed by atoms with van der Waals surface area (Å²) in [5.41, 5.74) is 1.80. The Morgan fingerprint density at radius 2 is 1.80 bits per heavy atom. The first-order valence-corrected chi connectivity index (χ1v) is 9.69. The molecule has 0 aliphatic carbocycles. The number of carbonyl (C=O) groups is 1. The van der Waals surface area contributed by atoms with Crippen LogP contribution in [0.4, 0.5) is 0 Å². The number of benzene rings is 2. The molecule has 3 aromatic rings. The van der Waals surface area contributed by atoms with Crippen LogP contribution in [0.5, 0.6) is 0 Å². The zero-order valence-corrected chi connectivity index (χ0v) is 15.1. The summed E-state index contributed by atoms with van der Waals surface area (Å²) in [5.74, 6) is -1.10. The molecule has 0 atom stereocenters. The zero-order valence-electron chi connectivity index (χ0n) is 13.6. The lowest BCUT2D eigenvalue weighted by atomic mass is 10.2. The zero-order chi connectivity index (χ0) is 18.0. The molecule has 7 heteroatoms. The van der Waals surface area contributed by atoms with Gasteiger partial charge in [0, 0.05) is 35.7 Å². The number of amides is 1. The number of halogens is 1. The van der Waals surface area contributed by atoms with Gasteiger partial charge in [0.25, 0.3) is 0 Å². The van der Waals surface area contributed by atoms with Gasteiger partial charge in [-0.25, -0.2) is 8.42 Å². The van der Waals surface area contributed by atoms with Gasteiger partial charge < -0.3 is 9.88 Å². The maximum atomic E-state index is 12.6. The second kappa shape index (κ2) is 6.90. The Labute approximate surface area is 151 Å². The van der Waals surface area contributed by atoms with Crippen molar-refractivity contribution in [3.05, 3.63) is 65.3 Å². The van der Waals surface area contributed by atoms with Gasteiger partial charge in [0.05, 0.1) is 4.90 Å². The molecule has 1 aromatic heterocycles. The number of nitrogens with zero attached hydrogens (tertiary/aromatic N) is 1. The maximum Gasteiger partial charge on any atom is 0.235 e. The van der Waals surface area contributed by atoms with Crippen molar-refractivity contribution in [3.8, 4) is 0 Å². The number of aromatic nitrogens is 1. The van der Waals surface area contributed by atoms with Crippen LogP contribution in [0.3, 0.4) is 0 Å². The van der Waals surface area contributed by atoms with Crippen molar-refractivity contribution >= 4 is 38.2 Å². The van der Waals surface area contributed by atoms with E-state index < -0.39 is 21.5 Å². The third-order valence-corrected chi connectivity index (χ3v) is 5.84. The molecule has 0 radical (unpaired) electrons. The molecule has 0 aliphatic rings. The van der Waals surface area contributed by atoms with E-state index in [0.717, 1.165) is 11.1 Å². The summed E-state index contributed by atoms with van der Waals surface area (Å²) < 4.78 is 27.1. The first kappa shape index (κ1) is 17.5.